The van der Waals surface area contributed by atoms with E-state index in [1.807, 2.05) is 18.2 Å². The summed E-state index contributed by atoms with van der Waals surface area (Å²) in [5.74, 6) is -0.288. The summed E-state index contributed by atoms with van der Waals surface area (Å²) in [7, 11) is -3.49. The molecule has 1 heterocycles. The minimum absolute atomic E-state index is 0.186. The van der Waals surface area contributed by atoms with Crippen molar-refractivity contribution in [3.63, 3.8) is 0 Å². The molecule has 2 aromatic rings. The van der Waals surface area contributed by atoms with Crippen LogP contribution in [-0.4, -0.2) is 38.1 Å². The summed E-state index contributed by atoms with van der Waals surface area (Å²) in [5.41, 5.74) is 2.81. The third-order valence-corrected chi connectivity index (χ3v) is 6.32. The molecule has 0 unspecified atom stereocenters. The fourth-order valence-corrected chi connectivity index (χ4v) is 4.51. The molecule has 0 aromatic heterocycles. The standard InChI is InChI=1S/C22H28ClN3O3S/c1-16-7-5-6-12-26(16)15-19-9-4-3-8-18(19)14-24-22(27)17-10-11-20(23)21(13-17)25-30(2,28)29/h3-4,8-11,13,16,25H,5-7,12,14-15H2,1-2H3,(H,24,27)/t16-/m1/s1. The molecule has 6 nitrogen and oxygen atoms in total. The van der Waals surface area contributed by atoms with Crippen molar-refractivity contribution in [2.75, 3.05) is 17.5 Å². The number of halogens is 1. The zero-order valence-corrected chi connectivity index (χ0v) is 18.9. The van der Waals surface area contributed by atoms with Crippen LogP contribution in [0.4, 0.5) is 5.69 Å². The summed E-state index contributed by atoms with van der Waals surface area (Å²) in [4.78, 5) is 15.2. The van der Waals surface area contributed by atoms with E-state index in [-0.39, 0.29) is 16.6 Å². The molecular formula is C22H28ClN3O3S. The molecule has 1 fully saturated rings. The van der Waals surface area contributed by atoms with Gasteiger partial charge in [-0.25, -0.2) is 8.42 Å². The van der Waals surface area contributed by atoms with Crippen LogP contribution in [0.1, 0.15) is 47.7 Å². The van der Waals surface area contributed by atoms with Crippen molar-refractivity contribution in [1.82, 2.24) is 10.2 Å². The van der Waals surface area contributed by atoms with Crippen molar-refractivity contribution in [2.45, 2.75) is 45.3 Å². The molecule has 1 aliphatic rings. The molecule has 0 aliphatic carbocycles. The first kappa shape index (κ1) is 22.6. The van der Waals surface area contributed by atoms with Crippen LogP contribution >= 0.6 is 11.6 Å². The number of nitrogens with zero attached hydrogens (tertiary/aromatic N) is 1. The Kier molecular flexibility index (Phi) is 7.39. The lowest BCUT2D eigenvalue weighted by atomic mass is 10.0. The van der Waals surface area contributed by atoms with Gasteiger partial charge in [-0.15, -0.1) is 0 Å². The largest absolute Gasteiger partial charge is 0.348 e. The number of piperidine rings is 1. The number of sulfonamides is 1. The number of rotatable bonds is 7. The Labute approximate surface area is 183 Å². The van der Waals surface area contributed by atoms with E-state index in [0.29, 0.717) is 18.2 Å². The van der Waals surface area contributed by atoms with Crippen LogP contribution in [0.3, 0.4) is 0 Å². The molecule has 0 bridgehead atoms. The molecule has 2 N–H and O–H groups in total. The lowest BCUT2D eigenvalue weighted by Crippen LogP contribution is -2.37. The molecule has 1 atom stereocenters. The van der Waals surface area contributed by atoms with Crippen LogP contribution < -0.4 is 10.0 Å². The maximum atomic E-state index is 12.7. The topological polar surface area (TPSA) is 78.5 Å². The second kappa shape index (κ2) is 9.81. The van der Waals surface area contributed by atoms with Crippen LogP contribution in [0.5, 0.6) is 0 Å². The Hall–Kier alpha value is -2.09. The van der Waals surface area contributed by atoms with Gasteiger partial charge < -0.3 is 5.32 Å². The number of amides is 1. The van der Waals surface area contributed by atoms with Gasteiger partial charge >= 0.3 is 0 Å². The van der Waals surface area contributed by atoms with Gasteiger partial charge in [0.25, 0.3) is 5.91 Å². The Balaban J connectivity index is 1.69. The molecule has 162 valence electrons. The molecule has 0 saturated carbocycles. The third-order valence-electron chi connectivity index (χ3n) is 5.40. The number of carbonyl (C=O) groups is 1. The molecule has 1 amide bonds. The monoisotopic (exact) mass is 449 g/mol. The highest BCUT2D eigenvalue weighted by molar-refractivity contribution is 7.92. The third kappa shape index (κ3) is 6.20. The SMILES string of the molecule is C[C@@H]1CCCCN1Cc1ccccc1CNC(=O)c1ccc(Cl)c(NS(C)(=O)=O)c1. The summed E-state index contributed by atoms with van der Waals surface area (Å²) >= 11 is 6.04. The number of carbonyl (C=O) groups excluding carboxylic acids is 1. The fourth-order valence-electron chi connectivity index (χ4n) is 3.72. The van der Waals surface area contributed by atoms with Crippen molar-refractivity contribution in [3.8, 4) is 0 Å². The van der Waals surface area contributed by atoms with Gasteiger partial charge in [0.1, 0.15) is 0 Å². The van der Waals surface area contributed by atoms with Crippen molar-refractivity contribution < 1.29 is 13.2 Å². The molecule has 1 aliphatic heterocycles. The van der Waals surface area contributed by atoms with Crippen molar-refractivity contribution in [1.29, 1.82) is 0 Å². The van der Waals surface area contributed by atoms with E-state index in [9.17, 15) is 13.2 Å². The van der Waals surface area contributed by atoms with Gasteiger partial charge in [-0.05, 0) is 55.6 Å². The fraction of sp³-hybridized carbons (Fsp3) is 0.409. The number of hydrogen-bond acceptors (Lipinski definition) is 4. The van der Waals surface area contributed by atoms with Gasteiger partial charge in [-0.1, -0.05) is 42.3 Å². The highest BCUT2D eigenvalue weighted by Gasteiger charge is 2.19. The van der Waals surface area contributed by atoms with E-state index < -0.39 is 10.0 Å². The average molecular weight is 450 g/mol. The molecule has 8 heteroatoms. The van der Waals surface area contributed by atoms with E-state index in [2.05, 4.69) is 27.9 Å². The van der Waals surface area contributed by atoms with E-state index in [1.165, 1.54) is 37.0 Å². The Bertz CT molecular complexity index is 1010. The zero-order chi connectivity index (χ0) is 21.7. The summed E-state index contributed by atoms with van der Waals surface area (Å²) in [6, 6.07) is 13.2. The van der Waals surface area contributed by atoms with Crippen molar-refractivity contribution in [2.24, 2.45) is 0 Å². The van der Waals surface area contributed by atoms with Gasteiger partial charge in [0, 0.05) is 24.7 Å². The Morgan fingerprint density at radius 2 is 1.90 bits per heavy atom. The molecule has 1 saturated heterocycles. The van der Waals surface area contributed by atoms with Gasteiger partial charge in [-0.2, -0.15) is 0 Å². The number of likely N-dealkylation sites (tertiary alicyclic amines) is 1. The molecular weight excluding hydrogens is 422 g/mol. The maximum absolute atomic E-state index is 12.7. The van der Waals surface area contributed by atoms with Crippen LogP contribution in [0.25, 0.3) is 0 Å². The highest BCUT2D eigenvalue weighted by atomic mass is 35.5. The highest BCUT2D eigenvalue weighted by Crippen LogP contribution is 2.24. The van der Waals surface area contributed by atoms with E-state index in [0.717, 1.165) is 24.9 Å². The number of benzene rings is 2. The molecule has 3 rings (SSSR count). The minimum Gasteiger partial charge on any atom is -0.348 e. The lowest BCUT2D eigenvalue weighted by Gasteiger charge is -2.33. The van der Waals surface area contributed by atoms with Crippen molar-refractivity contribution >= 4 is 33.2 Å². The predicted octanol–water partition coefficient (Wildman–Crippen LogP) is 4.02. The summed E-state index contributed by atoms with van der Waals surface area (Å²) in [6.45, 7) is 4.64. The first-order valence-electron chi connectivity index (χ1n) is 10.1. The van der Waals surface area contributed by atoms with E-state index in [1.54, 1.807) is 6.07 Å². The first-order chi connectivity index (χ1) is 14.2. The molecule has 0 spiro atoms. The zero-order valence-electron chi connectivity index (χ0n) is 17.3. The quantitative estimate of drug-likeness (QED) is 0.669. The van der Waals surface area contributed by atoms with E-state index >= 15 is 0 Å². The van der Waals surface area contributed by atoms with Crippen molar-refractivity contribution in [3.05, 3.63) is 64.2 Å². The molecule has 30 heavy (non-hydrogen) atoms. The first-order valence-corrected chi connectivity index (χ1v) is 12.4. The molecule has 0 radical (unpaired) electrons. The Morgan fingerprint density at radius 3 is 2.60 bits per heavy atom. The second-order valence-electron chi connectivity index (χ2n) is 7.84. The van der Waals surface area contributed by atoms with E-state index in [4.69, 9.17) is 11.6 Å². The van der Waals surface area contributed by atoms with Gasteiger partial charge in [0.15, 0.2) is 0 Å². The minimum atomic E-state index is -3.49. The number of hydrogen-bond donors (Lipinski definition) is 2. The average Bonchev–Trinajstić information content (AvgIpc) is 2.69. The van der Waals surface area contributed by atoms with Gasteiger partial charge in [0.2, 0.25) is 10.0 Å². The Morgan fingerprint density at radius 1 is 1.17 bits per heavy atom. The van der Waals surface area contributed by atoms with Crippen LogP contribution in [0, 0.1) is 0 Å². The number of nitrogens with one attached hydrogen (secondary N) is 2. The van der Waals surface area contributed by atoms with Gasteiger partial charge in [0.05, 0.1) is 17.0 Å². The molecule has 2 aromatic carbocycles. The summed E-state index contributed by atoms with van der Waals surface area (Å²) in [6.07, 6.45) is 4.77. The predicted molar refractivity (Wildman–Crippen MR) is 121 cm³/mol. The second-order valence-corrected chi connectivity index (χ2v) is 9.99. The smallest absolute Gasteiger partial charge is 0.251 e. The lowest BCUT2D eigenvalue weighted by molar-refractivity contribution is 0.0950. The normalized spacial score (nSPS) is 17.5. The van der Waals surface area contributed by atoms with Crippen LogP contribution in [0.15, 0.2) is 42.5 Å². The number of anilines is 1. The summed E-state index contributed by atoms with van der Waals surface area (Å²) in [5, 5.41) is 3.17. The van der Waals surface area contributed by atoms with Crippen LogP contribution in [-0.2, 0) is 23.1 Å². The maximum Gasteiger partial charge on any atom is 0.251 e. The van der Waals surface area contributed by atoms with Crippen LogP contribution in [0.2, 0.25) is 5.02 Å². The summed E-state index contributed by atoms with van der Waals surface area (Å²) < 4.78 is 25.3. The van der Waals surface area contributed by atoms with Gasteiger partial charge in [-0.3, -0.25) is 14.4 Å².